The van der Waals surface area contributed by atoms with Gasteiger partial charge in [0.2, 0.25) is 5.91 Å². The topological polar surface area (TPSA) is 97.2 Å². The molecule has 8 heteroatoms. The highest BCUT2D eigenvalue weighted by atomic mass is 16.2. The Morgan fingerprint density at radius 1 is 0.795 bits per heavy atom. The minimum absolute atomic E-state index is 0.175. The van der Waals surface area contributed by atoms with Gasteiger partial charge in [0.1, 0.15) is 11.6 Å². The van der Waals surface area contributed by atoms with E-state index in [1.807, 2.05) is 73.7 Å². The molecule has 1 aliphatic rings. The van der Waals surface area contributed by atoms with Crippen LogP contribution in [0.25, 0.3) is 11.0 Å². The van der Waals surface area contributed by atoms with Gasteiger partial charge in [-0.25, -0.2) is 4.68 Å². The summed E-state index contributed by atoms with van der Waals surface area (Å²) in [6.45, 7) is 2.50. The molecule has 2 heterocycles. The molecule has 0 fully saturated rings. The molecule has 192 valence electrons. The van der Waals surface area contributed by atoms with Gasteiger partial charge in [-0.3, -0.25) is 19.3 Å². The molecule has 39 heavy (non-hydrogen) atoms. The Kier molecular flexibility index (Phi) is 6.20. The minimum Gasteiger partial charge on any atom is -0.322 e. The van der Waals surface area contributed by atoms with Gasteiger partial charge >= 0.3 is 0 Å². The highest BCUT2D eigenvalue weighted by molar-refractivity contribution is 6.23. The summed E-state index contributed by atoms with van der Waals surface area (Å²) in [5, 5.41) is 11.6. The Morgan fingerprint density at radius 3 is 2.15 bits per heavy atom. The van der Waals surface area contributed by atoms with E-state index in [1.165, 1.54) is 0 Å². The van der Waals surface area contributed by atoms with Gasteiger partial charge in [0, 0.05) is 6.42 Å². The Balaban J connectivity index is 1.33. The molecular formula is C31H25N5O3. The number of imide groups is 1. The number of carbonyl (C=O) groups is 3. The van der Waals surface area contributed by atoms with Crippen LogP contribution in [0.2, 0.25) is 0 Å². The Morgan fingerprint density at radius 2 is 1.46 bits per heavy atom. The summed E-state index contributed by atoms with van der Waals surface area (Å²) in [6, 6.07) is 28.6. The molecule has 4 aromatic carbocycles. The van der Waals surface area contributed by atoms with Gasteiger partial charge < -0.3 is 5.32 Å². The van der Waals surface area contributed by atoms with Gasteiger partial charge in [0.15, 0.2) is 0 Å². The summed E-state index contributed by atoms with van der Waals surface area (Å²) in [5.74, 6) is -1.43. The quantitative estimate of drug-likeness (QED) is 0.319. The Hall–Kier alpha value is -5.11. The van der Waals surface area contributed by atoms with Crippen molar-refractivity contribution in [2.24, 2.45) is 0 Å². The van der Waals surface area contributed by atoms with E-state index in [0.29, 0.717) is 28.9 Å². The van der Waals surface area contributed by atoms with Crippen LogP contribution in [0, 0.1) is 6.92 Å². The van der Waals surface area contributed by atoms with Crippen molar-refractivity contribution < 1.29 is 14.4 Å². The fourth-order valence-corrected chi connectivity index (χ4v) is 4.92. The molecule has 0 spiro atoms. The molecule has 3 amide bonds. The van der Waals surface area contributed by atoms with Gasteiger partial charge in [-0.2, -0.15) is 0 Å². The van der Waals surface area contributed by atoms with Crippen LogP contribution in [-0.2, 0) is 17.8 Å². The van der Waals surface area contributed by atoms with Gasteiger partial charge in [-0.15, -0.1) is 5.10 Å². The summed E-state index contributed by atoms with van der Waals surface area (Å²) in [7, 11) is 0. The molecule has 0 bridgehead atoms. The molecular weight excluding hydrogens is 490 g/mol. The van der Waals surface area contributed by atoms with Crippen molar-refractivity contribution in [1.29, 1.82) is 0 Å². The average molecular weight is 516 g/mol. The van der Waals surface area contributed by atoms with E-state index >= 15 is 0 Å². The third kappa shape index (κ3) is 4.57. The van der Waals surface area contributed by atoms with Crippen LogP contribution in [0.15, 0.2) is 97.1 Å². The van der Waals surface area contributed by atoms with Crippen LogP contribution in [0.5, 0.6) is 0 Å². The zero-order chi connectivity index (χ0) is 26.9. The lowest BCUT2D eigenvalue weighted by Gasteiger charge is -2.25. The summed E-state index contributed by atoms with van der Waals surface area (Å²) >= 11 is 0. The van der Waals surface area contributed by atoms with Crippen molar-refractivity contribution in [2.75, 3.05) is 5.32 Å². The second-order valence-corrected chi connectivity index (χ2v) is 9.63. The molecule has 1 atom stereocenters. The molecule has 0 saturated heterocycles. The first-order valence-electron chi connectivity index (χ1n) is 12.7. The fraction of sp³-hybridized carbons (Fsp3) is 0.129. The maximum Gasteiger partial charge on any atom is 0.262 e. The van der Waals surface area contributed by atoms with E-state index in [1.54, 1.807) is 35.0 Å². The van der Waals surface area contributed by atoms with E-state index < -0.39 is 23.8 Å². The number of amides is 3. The minimum atomic E-state index is -1.06. The van der Waals surface area contributed by atoms with Gasteiger partial charge in [-0.05, 0) is 42.3 Å². The van der Waals surface area contributed by atoms with Crippen LogP contribution in [0.3, 0.4) is 0 Å². The monoisotopic (exact) mass is 515 g/mol. The normalized spacial score (nSPS) is 13.5. The number of hydrogen-bond acceptors (Lipinski definition) is 5. The predicted octanol–water partition coefficient (Wildman–Crippen LogP) is 4.63. The van der Waals surface area contributed by atoms with Gasteiger partial charge in [0.25, 0.3) is 11.8 Å². The van der Waals surface area contributed by atoms with Crippen LogP contribution in [0.4, 0.5) is 5.69 Å². The van der Waals surface area contributed by atoms with E-state index in [0.717, 1.165) is 27.1 Å². The molecule has 1 aromatic heterocycles. The number of fused-ring (bicyclic) bond motifs is 2. The zero-order valence-corrected chi connectivity index (χ0v) is 21.2. The second-order valence-electron chi connectivity index (χ2n) is 9.63. The predicted molar refractivity (Wildman–Crippen MR) is 147 cm³/mol. The molecule has 0 saturated carbocycles. The lowest BCUT2D eigenvalue weighted by molar-refractivity contribution is -0.119. The number of anilines is 1. The first-order chi connectivity index (χ1) is 19.0. The van der Waals surface area contributed by atoms with E-state index in [4.69, 9.17) is 0 Å². The second kappa shape index (κ2) is 9.98. The molecule has 0 aliphatic carbocycles. The van der Waals surface area contributed by atoms with E-state index in [2.05, 4.69) is 15.6 Å². The van der Waals surface area contributed by atoms with E-state index in [9.17, 15) is 14.4 Å². The highest BCUT2D eigenvalue weighted by Gasteiger charge is 2.42. The Bertz CT molecular complexity index is 1670. The maximum absolute atomic E-state index is 13.8. The van der Waals surface area contributed by atoms with Crippen molar-refractivity contribution >= 4 is 34.4 Å². The van der Waals surface area contributed by atoms with Gasteiger partial charge in [0.05, 0.1) is 28.9 Å². The molecule has 0 unspecified atom stereocenters. The number of hydrogen-bond donors (Lipinski definition) is 1. The first kappa shape index (κ1) is 24.2. The van der Waals surface area contributed by atoms with Crippen molar-refractivity contribution in [3.05, 3.63) is 125 Å². The maximum atomic E-state index is 13.8. The first-order valence-corrected chi connectivity index (χ1v) is 12.7. The van der Waals surface area contributed by atoms with Crippen LogP contribution in [0.1, 0.15) is 37.4 Å². The van der Waals surface area contributed by atoms with Crippen LogP contribution >= 0.6 is 0 Å². The molecule has 0 radical (unpaired) electrons. The summed E-state index contributed by atoms with van der Waals surface area (Å²) in [6.07, 6.45) is 0.175. The van der Waals surface area contributed by atoms with Crippen molar-refractivity contribution in [1.82, 2.24) is 19.9 Å². The zero-order valence-electron chi connectivity index (χ0n) is 21.2. The van der Waals surface area contributed by atoms with Gasteiger partial charge in [-0.1, -0.05) is 83.6 Å². The molecule has 8 nitrogen and oxygen atoms in total. The lowest BCUT2D eigenvalue weighted by Crippen LogP contribution is -2.48. The third-order valence-electron chi connectivity index (χ3n) is 6.97. The lowest BCUT2D eigenvalue weighted by atomic mass is 10.0. The summed E-state index contributed by atoms with van der Waals surface area (Å²) in [5.41, 5.74) is 5.33. The van der Waals surface area contributed by atoms with E-state index in [-0.39, 0.29) is 6.42 Å². The van der Waals surface area contributed by atoms with Crippen LogP contribution < -0.4 is 5.32 Å². The molecule has 1 aliphatic heterocycles. The number of nitrogens with one attached hydrogen (secondary N) is 1. The summed E-state index contributed by atoms with van der Waals surface area (Å²) < 4.78 is 1.77. The third-order valence-corrected chi connectivity index (χ3v) is 6.97. The number of nitrogens with zero attached hydrogens (tertiary/aromatic N) is 4. The SMILES string of the molecule is Cc1ccc(C[C@@H](C(=O)Nc2cccc3c2nnn3Cc2ccccc2)N2C(=O)c3ccccc3C2=O)cc1. The number of aromatic nitrogens is 3. The highest BCUT2D eigenvalue weighted by Crippen LogP contribution is 2.28. The average Bonchev–Trinajstić information content (AvgIpc) is 3.48. The smallest absolute Gasteiger partial charge is 0.262 e. The van der Waals surface area contributed by atoms with Crippen LogP contribution in [-0.4, -0.2) is 43.7 Å². The summed E-state index contributed by atoms with van der Waals surface area (Å²) in [4.78, 5) is 41.6. The molecule has 5 aromatic rings. The standard InChI is InChI=1S/C31H25N5O3/c1-20-14-16-21(17-15-20)18-27(36-30(38)23-10-5-6-11-24(23)31(36)39)29(37)32-25-12-7-13-26-28(25)33-34-35(26)19-22-8-3-2-4-9-22/h2-17,27H,18-19H2,1H3,(H,32,37)/t27-/m0/s1. The van der Waals surface area contributed by atoms with Crippen molar-refractivity contribution in [3.8, 4) is 0 Å². The molecule has 6 rings (SSSR count). The molecule has 1 N–H and O–H groups in total. The van der Waals surface area contributed by atoms with Crippen molar-refractivity contribution in [2.45, 2.75) is 25.9 Å². The number of benzene rings is 4. The Labute approximate surface area is 224 Å². The number of rotatable bonds is 7. The number of carbonyl (C=O) groups excluding carboxylic acids is 3. The largest absolute Gasteiger partial charge is 0.322 e. The number of aryl methyl sites for hydroxylation is 1. The van der Waals surface area contributed by atoms with Crippen molar-refractivity contribution in [3.63, 3.8) is 0 Å². The fourth-order valence-electron chi connectivity index (χ4n) is 4.92.